The zero-order valence-electron chi connectivity index (χ0n) is 20.6. The van der Waals surface area contributed by atoms with E-state index in [1.807, 2.05) is 0 Å². The second kappa shape index (κ2) is 7.85. The zero-order chi connectivity index (χ0) is 25.2. The normalized spacial score (nSPS) is 20.6. The van der Waals surface area contributed by atoms with Crippen LogP contribution >= 0.6 is 0 Å². The van der Waals surface area contributed by atoms with E-state index in [1.54, 1.807) is 110 Å². The van der Waals surface area contributed by atoms with Gasteiger partial charge in [-0.25, -0.2) is 19.9 Å². The first-order chi connectivity index (χ1) is 16.5. The van der Waals surface area contributed by atoms with Crippen molar-refractivity contribution in [3.63, 3.8) is 0 Å². The van der Waals surface area contributed by atoms with Crippen molar-refractivity contribution in [2.45, 2.75) is 43.0 Å². The number of hydrogen-bond acceptors (Lipinski definition) is 8. The molecule has 0 unspecified atom stereocenters. The van der Waals surface area contributed by atoms with E-state index in [9.17, 15) is 10.2 Å². The molecule has 186 valence electrons. The van der Waals surface area contributed by atoms with Crippen LogP contribution in [0.3, 0.4) is 0 Å². The van der Waals surface area contributed by atoms with Crippen LogP contribution in [-0.2, 0) is 48.9 Å². The Morgan fingerprint density at radius 2 is 0.886 bits per heavy atom. The van der Waals surface area contributed by atoms with Crippen molar-refractivity contribution in [2.24, 2.45) is 28.2 Å². The zero-order valence-corrected chi connectivity index (χ0v) is 20.6. The highest BCUT2D eigenvalue weighted by molar-refractivity contribution is 5.30. The van der Waals surface area contributed by atoms with Gasteiger partial charge in [-0.3, -0.25) is 0 Å². The molecule has 0 amide bonds. The molecule has 0 aliphatic carbocycles. The Balaban J connectivity index is 1.79. The number of hydrogen-bond donors (Lipinski definition) is 2. The van der Waals surface area contributed by atoms with Gasteiger partial charge in [0.05, 0.1) is 0 Å². The van der Waals surface area contributed by atoms with Gasteiger partial charge in [0.2, 0.25) is 11.2 Å². The molecule has 2 atom stereocenters. The molecule has 0 radical (unpaired) electrons. The fourth-order valence-electron chi connectivity index (χ4n) is 5.01. The molecule has 12 nitrogen and oxygen atoms in total. The summed E-state index contributed by atoms with van der Waals surface area (Å²) in [5.74, 6) is -0.0465. The summed E-state index contributed by atoms with van der Waals surface area (Å²) in [6.07, 6.45) is 10.9. The lowest BCUT2D eigenvalue weighted by Gasteiger charge is -2.39. The highest BCUT2D eigenvalue weighted by Gasteiger charge is 2.65. The van der Waals surface area contributed by atoms with Crippen LogP contribution in [0.4, 0.5) is 0 Å². The molecule has 1 aliphatic heterocycles. The lowest BCUT2D eigenvalue weighted by molar-refractivity contribution is -0.174. The van der Waals surface area contributed by atoms with Crippen LogP contribution in [-0.4, -0.2) is 66.4 Å². The summed E-state index contributed by atoms with van der Waals surface area (Å²) in [5.41, 5.74) is -3.83. The Kier molecular flexibility index (Phi) is 5.25. The van der Waals surface area contributed by atoms with Crippen molar-refractivity contribution in [3.05, 3.63) is 72.9 Å². The average molecular weight is 483 g/mol. The number of aryl methyl sites for hydroxylation is 4. The van der Waals surface area contributed by atoms with Gasteiger partial charge in [0.1, 0.15) is 12.2 Å². The Labute approximate surface area is 202 Å². The number of aromatic nitrogens is 8. The van der Waals surface area contributed by atoms with E-state index in [2.05, 4.69) is 19.9 Å². The van der Waals surface area contributed by atoms with Crippen LogP contribution in [0.15, 0.2) is 49.6 Å². The van der Waals surface area contributed by atoms with Gasteiger partial charge in [0.15, 0.2) is 29.1 Å². The van der Waals surface area contributed by atoms with Crippen LogP contribution in [0.25, 0.3) is 0 Å². The Morgan fingerprint density at radius 1 is 0.629 bits per heavy atom. The third kappa shape index (κ3) is 3.36. The molecule has 35 heavy (non-hydrogen) atoms. The third-order valence-electron chi connectivity index (χ3n) is 6.57. The van der Waals surface area contributed by atoms with Crippen LogP contribution in [0, 0.1) is 0 Å². The molecule has 1 fully saturated rings. The fraction of sp³-hybridized carbons (Fsp3) is 0.478. The van der Waals surface area contributed by atoms with Crippen molar-refractivity contribution >= 4 is 0 Å². The standard InChI is InChI=1S/C23H30N8O4/c1-21(2)34-15(22(32,17-24-7-11-28(17)3)18-25-8-12-29(18)4)16(35-21)23(33,19-26-9-13-30(19)5)20-27-10-14-31(20)6/h7-16,32-33H,1-6H3/t15-,16-/m1/s1. The topological polar surface area (TPSA) is 130 Å². The molecule has 1 saturated heterocycles. The molecule has 4 aromatic rings. The van der Waals surface area contributed by atoms with Gasteiger partial charge in [0, 0.05) is 77.8 Å². The first-order valence-electron chi connectivity index (χ1n) is 11.2. The van der Waals surface area contributed by atoms with E-state index < -0.39 is 29.2 Å². The van der Waals surface area contributed by atoms with Crippen LogP contribution < -0.4 is 0 Å². The van der Waals surface area contributed by atoms with Crippen molar-refractivity contribution in [1.29, 1.82) is 0 Å². The summed E-state index contributed by atoms with van der Waals surface area (Å²) in [5, 5.41) is 25.1. The molecule has 2 N–H and O–H groups in total. The van der Waals surface area contributed by atoms with Crippen LogP contribution in [0.1, 0.15) is 37.1 Å². The minimum absolute atomic E-state index is 0.283. The summed E-state index contributed by atoms with van der Waals surface area (Å²) in [7, 11) is 7.09. The highest BCUT2D eigenvalue weighted by Crippen LogP contribution is 2.48. The predicted molar refractivity (Wildman–Crippen MR) is 123 cm³/mol. The van der Waals surface area contributed by atoms with Crippen molar-refractivity contribution < 1.29 is 19.7 Å². The minimum Gasteiger partial charge on any atom is -0.372 e. The SMILES string of the molecule is Cn1ccnc1C(O)(c1nccn1C)[C@@H]1OC(C)(C)O[C@H]1C(O)(c1nccn1C)c1nccn1C. The molecule has 12 heteroatoms. The maximum atomic E-state index is 12.6. The number of ether oxygens (including phenoxy) is 2. The second-order valence-corrected chi connectivity index (χ2v) is 9.46. The Bertz CT molecular complexity index is 1170. The summed E-state index contributed by atoms with van der Waals surface area (Å²) in [6, 6.07) is 0. The maximum Gasteiger partial charge on any atom is 0.209 e. The van der Waals surface area contributed by atoms with Crippen LogP contribution in [0.2, 0.25) is 0 Å². The van der Waals surface area contributed by atoms with E-state index in [-0.39, 0.29) is 23.3 Å². The van der Waals surface area contributed by atoms with Crippen molar-refractivity contribution in [2.75, 3.05) is 0 Å². The number of aliphatic hydroxyl groups is 2. The molecule has 1 aliphatic rings. The molecular formula is C23H30N8O4. The Morgan fingerprint density at radius 3 is 1.09 bits per heavy atom. The summed E-state index contributed by atoms with van der Waals surface area (Å²) < 4.78 is 19.6. The van der Waals surface area contributed by atoms with E-state index in [0.717, 1.165) is 0 Å². The van der Waals surface area contributed by atoms with Gasteiger partial charge in [-0.2, -0.15) is 0 Å². The van der Waals surface area contributed by atoms with Gasteiger partial charge in [-0.15, -0.1) is 0 Å². The fourth-order valence-corrected chi connectivity index (χ4v) is 5.01. The average Bonchev–Trinajstić information content (AvgIpc) is 3.60. The quantitative estimate of drug-likeness (QED) is 0.402. The minimum atomic E-state index is -1.92. The summed E-state index contributed by atoms with van der Waals surface area (Å²) >= 11 is 0. The lowest BCUT2D eigenvalue weighted by atomic mass is 9.81. The number of imidazole rings is 4. The third-order valence-corrected chi connectivity index (χ3v) is 6.57. The number of nitrogens with zero attached hydrogens (tertiary/aromatic N) is 8. The second-order valence-electron chi connectivity index (χ2n) is 9.46. The highest BCUT2D eigenvalue weighted by atomic mass is 16.8. The van der Waals surface area contributed by atoms with E-state index in [1.165, 1.54) is 0 Å². The maximum absolute atomic E-state index is 12.6. The van der Waals surface area contributed by atoms with E-state index in [0.29, 0.717) is 0 Å². The van der Waals surface area contributed by atoms with Crippen molar-refractivity contribution in [1.82, 2.24) is 38.2 Å². The summed E-state index contributed by atoms with van der Waals surface area (Å²) in [6.45, 7) is 3.46. The molecule has 0 spiro atoms. The van der Waals surface area contributed by atoms with E-state index >= 15 is 0 Å². The van der Waals surface area contributed by atoms with Gasteiger partial charge in [-0.1, -0.05) is 0 Å². The van der Waals surface area contributed by atoms with Gasteiger partial charge in [-0.05, 0) is 13.8 Å². The first-order valence-corrected chi connectivity index (χ1v) is 11.2. The molecule has 0 saturated carbocycles. The van der Waals surface area contributed by atoms with E-state index in [4.69, 9.17) is 9.47 Å². The smallest absolute Gasteiger partial charge is 0.209 e. The lowest BCUT2D eigenvalue weighted by Crippen LogP contribution is -2.57. The molecule has 0 bridgehead atoms. The molecule has 4 aromatic heterocycles. The largest absolute Gasteiger partial charge is 0.372 e. The molecule has 5 heterocycles. The van der Waals surface area contributed by atoms with Gasteiger partial charge in [0.25, 0.3) is 0 Å². The molecular weight excluding hydrogens is 452 g/mol. The van der Waals surface area contributed by atoms with Crippen molar-refractivity contribution in [3.8, 4) is 0 Å². The van der Waals surface area contributed by atoms with Gasteiger partial charge < -0.3 is 38.0 Å². The Hall–Kier alpha value is -3.32. The predicted octanol–water partition coefficient (Wildman–Crippen LogP) is 0.313. The monoisotopic (exact) mass is 482 g/mol. The van der Waals surface area contributed by atoms with Crippen LogP contribution in [0.5, 0.6) is 0 Å². The van der Waals surface area contributed by atoms with Gasteiger partial charge >= 0.3 is 0 Å². The molecule has 5 rings (SSSR count). The number of rotatable bonds is 6. The first kappa shape index (κ1) is 23.4. The molecule has 0 aromatic carbocycles. The summed E-state index contributed by atoms with van der Waals surface area (Å²) in [4.78, 5) is 17.8.